The molecule has 8 heteroatoms. The van der Waals surface area contributed by atoms with E-state index in [2.05, 4.69) is 19.8 Å². The third kappa shape index (κ3) is 4.63. The van der Waals surface area contributed by atoms with Gasteiger partial charge in [-0.3, -0.25) is 9.59 Å². The maximum atomic E-state index is 13.6. The number of piperidine rings is 1. The molecule has 1 atom stereocenters. The Bertz CT molecular complexity index is 1060. The summed E-state index contributed by atoms with van der Waals surface area (Å²) in [5.74, 6) is 0.926. The number of aromatic nitrogens is 2. The molecule has 3 heterocycles. The Labute approximate surface area is 207 Å². The molecule has 0 bridgehead atoms. The smallest absolute Gasteiger partial charge is 0.253 e. The third-order valence-electron chi connectivity index (χ3n) is 8.02. The van der Waals surface area contributed by atoms with E-state index >= 15 is 0 Å². The molecule has 0 radical (unpaired) electrons. The van der Waals surface area contributed by atoms with Gasteiger partial charge in [-0.05, 0) is 62.6 Å². The minimum Gasteiger partial charge on any atom is -0.393 e. The molecule has 1 saturated carbocycles. The van der Waals surface area contributed by atoms with Crippen molar-refractivity contribution in [2.75, 3.05) is 38.6 Å². The van der Waals surface area contributed by atoms with E-state index in [9.17, 15) is 14.7 Å². The standard InChI is InChI=1S/C27H35N5O3/c1-30(2)24(34)20-6-4-19(5-7-20)21-16-28-26(29-17-21)31-14-3-12-27(18-31)13-15-32(25(27)35)22-8-10-23(33)11-9-22/h4-7,16-17,22-23,33H,3,8-15,18H2,1-2H3. The Balaban J connectivity index is 1.26. The van der Waals surface area contributed by atoms with E-state index in [-0.39, 0.29) is 29.4 Å². The second-order valence-corrected chi connectivity index (χ2v) is 10.6. The van der Waals surface area contributed by atoms with E-state index in [1.54, 1.807) is 19.0 Å². The highest BCUT2D eigenvalue weighted by molar-refractivity contribution is 5.94. The van der Waals surface area contributed by atoms with Crippen LogP contribution in [0.15, 0.2) is 36.7 Å². The minimum atomic E-state index is -0.342. The molecular formula is C27H35N5O3. The van der Waals surface area contributed by atoms with Gasteiger partial charge in [-0.2, -0.15) is 0 Å². The first-order valence-electron chi connectivity index (χ1n) is 12.7. The fraction of sp³-hybridized carbons (Fsp3) is 0.556. The lowest BCUT2D eigenvalue weighted by molar-refractivity contribution is -0.139. The average Bonchev–Trinajstić information content (AvgIpc) is 3.19. The number of carbonyl (C=O) groups is 2. The van der Waals surface area contributed by atoms with E-state index in [0.717, 1.165) is 69.2 Å². The number of hydrogen-bond donors (Lipinski definition) is 1. The van der Waals surface area contributed by atoms with Gasteiger partial charge in [0.05, 0.1) is 11.5 Å². The van der Waals surface area contributed by atoms with Gasteiger partial charge in [0.2, 0.25) is 11.9 Å². The van der Waals surface area contributed by atoms with Crippen LogP contribution in [0.5, 0.6) is 0 Å². The highest BCUT2D eigenvalue weighted by Gasteiger charge is 2.51. The van der Waals surface area contributed by atoms with Crippen LogP contribution in [0.3, 0.4) is 0 Å². The molecule has 2 saturated heterocycles. The Kier molecular flexibility index (Phi) is 6.49. The Hall–Kier alpha value is -3.00. The van der Waals surface area contributed by atoms with Crippen molar-refractivity contribution in [1.29, 1.82) is 0 Å². The summed E-state index contributed by atoms with van der Waals surface area (Å²) in [5, 5.41) is 9.85. The van der Waals surface area contributed by atoms with Gasteiger partial charge in [0, 0.05) is 63.3 Å². The summed E-state index contributed by atoms with van der Waals surface area (Å²) < 4.78 is 0. The topological polar surface area (TPSA) is 89.9 Å². The van der Waals surface area contributed by atoms with E-state index in [0.29, 0.717) is 18.1 Å². The molecule has 1 unspecified atom stereocenters. The lowest BCUT2D eigenvalue weighted by atomic mass is 9.78. The van der Waals surface area contributed by atoms with Crippen LogP contribution in [0.1, 0.15) is 55.3 Å². The van der Waals surface area contributed by atoms with Gasteiger partial charge in [0.15, 0.2) is 0 Å². The molecule has 2 aromatic rings. The molecule has 1 N–H and O–H groups in total. The van der Waals surface area contributed by atoms with Crippen LogP contribution in [0, 0.1) is 5.41 Å². The third-order valence-corrected chi connectivity index (χ3v) is 8.02. The van der Waals surface area contributed by atoms with Crippen LogP contribution in [0.4, 0.5) is 5.95 Å². The number of hydrogen-bond acceptors (Lipinski definition) is 6. The summed E-state index contributed by atoms with van der Waals surface area (Å²) in [4.78, 5) is 40.8. The zero-order valence-corrected chi connectivity index (χ0v) is 20.7. The molecule has 1 aromatic carbocycles. The van der Waals surface area contributed by atoms with E-state index in [1.165, 1.54) is 0 Å². The molecule has 35 heavy (non-hydrogen) atoms. The first-order valence-corrected chi connectivity index (χ1v) is 12.7. The van der Waals surface area contributed by atoms with Crippen LogP contribution in [0.2, 0.25) is 0 Å². The summed E-state index contributed by atoms with van der Waals surface area (Å²) in [7, 11) is 3.48. The molecule has 2 amide bonds. The molecule has 8 nitrogen and oxygen atoms in total. The Morgan fingerprint density at radius 2 is 1.69 bits per heavy atom. The Morgan fingerprint density at radius 1 is 1.00 bits per heavy atom. The molecule has 3 fully saturated rings. The number of aliphatic hydroxyl groups is 1. The van der Waals surface area contributed by atoms with Crippen molar-refractivity contribution < 1.29 is 14.7 Å². The number of amides is 2. The van der Waals surface area contributed by atoms with Crippen LogP contribution in [0.25, 0.3) is 11.1 Å². The van der Waals surface area contributed by atoms with Crippen molar-refractivity contribution in [3.63, 3.8) is 0 Å². The largest absolute Gasteiger partial charge is 0.393 e. The van der Waals surface area contributed by atoms with Crippen molar-refractivity contribution in [2.24, 2.45) is 5.41 Å². The second-order valence-electron chi connectivity index (χ2n) is 10.6. The zero-order valence-electron chi connectivity index (χ0n) is 20.7. The predicted molar refractivity (Wildman–Crippen MR) is 134 cm³/mol. The fourth-order valence-electron chi connectivity index (χ4n) is 5.94. The maximum absolute atomic E-state index is 13.6. The van der Waals surface area contributed by atoms with Crippen molar-refractivity contribution >= 4 is 17.8 Å². The number of carbonyl (C=O) groups excluding carboxylic acids is 2. The van der Waals surface area contributed by atoms with E-state index in [1.807, 2.05) is 36.7 Å². The van der Waals surface area contributed by atoms with Gasteiger partial charge in [0.25, 0.3) is 5.91 Å². The molecule has 3 aliphatic rings. The first-order chi connectivity index (χ1) is 16.9. The number of anilines is 1. The van der Waals surface area contributed by atoms with Gasteiger partial charge in [0.1, 0.15) is 0 Å². The number of likely N-dealkylation sites (tertiary alicyclic amines) is 1. The normalized spacial score (nSPS) is 26.9. The van der Waals surface area contributed by atoms with Crippen LogP contribution in [-0.2, 0) is 4.79 Å². The molecular weight excluding hydrogens is 442 g/mol. The molecule has 1 aliphatic carbocycles. The quantitative estimate of drug-likeness (QED) is 0.728. The van der Waals surface area contributed by atoms with Crippen molar-refractivity contribution in [3.8, 4) is 11.1 Å². The molecule has 1 spiro atoms. The zero-order chi connectivity index (χ0) is 24.6. The summed E-state index contributed by atoms with van der Waals surface area (Å²) in [5.41, 5.74) is 2.16. The lowest BCUT2D eigenvalue weighted by Gasteiger charge is -2.40. The Morgan fingerprint density at radius 3 is 2.34 bits per heavy atom. The van der Waals surface area contributed by atoms with Gasteiger partial charge in [-0.25, -0.2) is 9.97 Å². The fourth-order valence-corrected chi connectivity index (χ4v) is 5.94. The lowest BCUT2D eigenvalue weighted by Crippen LogP contribution is -2.50. The highest BCUT2D eigenvalue weighted by atomic mass is 16.3. The average molecular weight is 478 g/mol. The minimum absolute atomic E-state index is 0.0247. The van der Waals surface area contributed by atoms with Crippen LogP contribution >= 0.6 is 0 Å². The summed E-state index contributed by atoms with van der Waals surface area (Å²) in [6, 6.07) is 7.76. The predicted octanol–water partition coefficient (Wildman–Crippen LogP) is 2.97. The molecule has 2 aliphatic heterocycles. The SMILES string of the molecule is CN(C)C(=O)c1ccc(-c2cnc(N3CCCC4(CCN(C5CCC(O)CC5)C4=O)C3)nc2)cc1. The molecule has 186 valence electrons. The summed E-state index contributed by atoms with van der Waals surface area (Å²) in [6.45, 7) is 2.34. The van der Waals surface area contributed by atoms with Gasteiger partial charge >= 0.3 is 0 Å². The molecule has 5 rings (SSSR count). The van der Waals surface area contributed by atoms with E-state index < -0.39 is 0 Å². The number of nitrogens with zero attached hydrogens (tertiary/aromatic N) is 5. The van der Waals surface area contributed by atoms with Gasteiger partial charge in [-0.1, -0.05) is 12.1 Å². The first kappa shape index (κ1) is 23.7. The van der Waals surface area contributed by atoms with Crippen molar-refractivity contribution in [3.05, 3.63) is 42.2 Å². The van der Waals surface area contributed by atoms with Crippen LogP contribution in [-0.4, -0.2) is 82.6 Å². The maximum Gasteiger partial charge on any atom is 0.253 e. The van der Waals surface area contributed by atoms with E-state index in [4.69, 9.17) is 0 Å². The highest BCUT2D eigenvalue weighted by Crippen LogP contribution is 2.43. The monoisotopic (exact) mass is 477 g/mol. The van der Waals surface area contributed by atoms with Gasteiger partial charge in [-0.15, -0.1) is 0 Å². The number of rotatable bonds is 4. The summed E-state index contributed by atoms with van der Waals surface area (Å²) in [6.07, 6.45) is 9.60. The number of benzene rings is 1. The number of aliphatic hydroxyl groups excluding tert-OH is 1. The van der Waals surface area contributed by atoms with Crippen molar-refractivity contribution in [2.45, 2.75) is 57.1 Å². The summed E-state index contributed by atoms with van der Waals surface area (Å²) >= 11 is 0. The van der Waals surface area contributed by atoms with Crippen LogP contribution < -0.4 is 4.90 Å². The van der Waals surface area contributed by atoms with Gasteiger partial charge < -0.3 is 19.8 Å². The molecule has 1 aromatic heterocycles. The van der Waals surface area contributed by atoms with Crippen molar-refractivity contribution in [1.82, 2.24) is 19.8 Å². The second kappa shape index (κ2) is 9.57.